The van der Waals surface area contributed by atoms with Crippen molar-refractivity contribution in [2.75, 3.05) is 33.3 Å². The number of likely N-dealkylation sites (N-methyl/N-ethyl adjacent to an activating group) is 1. The van der Waals surface area contributed by atoms with E-state index in [4.69, 9.17) is 4.74 Å². The number of nitrogens with one attached hydrogen (secondary N) is 2. The average Bonchev–Trinajstić information content (AvgIpc) is 2.54. The highest BCUT2D eigenvalue weighted by Gasteiger charge is 2.32. The molecule has 2 amide bonds. The molecule has 2 rings (SSSR count). The Bertz CT molecular complexity index is 519. The van der Waals surface area contributed by atoms with Gasteiger partial charge in [-0.2, -0.15) is 0 Å². The zero-order valence-electron chi connectivity index (χ0n) is 12.4. The largest absolute Gasteiger partial charge is 0.497 e. The zero-order valence-corrected chi connectivity index (χ0v) is 12.4. The minimum absolute atomic E-state index is 0.124. The number of ether oxygens (including phenoxy) is 1. The van der Waals surface area contributed by atoms with Gasteiger partial charge in [0.15, 0.2) is 0 Å². The Morgan fingerprint density at radius 3 is 3.00 bits per heavy atom. The van der Waals surface area contributed by atoms with Crippen molar-refractivity contribution in [3.8, 4) is 5.75 Å². The summed E-state index contributed by atoms with van der Waals surface area (Å²) in [5, 5.41) is 5.93. The molecule has 0 saturated carbocycles. The van der Waals surface area contributed by atoms with Crippen LogP contribution in [-0.4, -0.2) is 56.0 Å². The van der Waals surface area contributed by atoms with Gasteiger partial charge in [0.25, 0.3) is 5.91 Å². The number of hydrogen-bond acceptors (Lipinski definition) is 4. The van der Waals surface area contributed by atoms with E-state index in [1.807, 2.05) is 6.92 Å². The van der Waals surface area contributed by atoms with Crippen molar-refractivity contribution < 1.29 is 14.3 Å². The molecule has 0 bridgehead atoms. The van der Waals surface area contributed by atoms with Crippen molar-refractivity contribution in [2.45, 2.75) is 13.0 Å². The molecule has 1 atom stereocenters. The lowest BCUT2D eigenvalue weighted by Crippen LogP contribution is -2.59. The molecular formula is C15H21N3O3. The number of methoxy groups -OCH3 is 1. The molecule has 114 valence electrons. The molecule has 21 heavy (non-hydrogen) atoms. The topological polar surface area (TPSA) is 70.7 Å². The third-order valence-electron chi connectivity index (χ3n) is 3.47. The number of benzene rings is 1. The molecule has 1 aliphatic heterocycles. The Balaban J connectivity index is 2.19. The summed E-state index contributed by atoms with van der Waals surface area (Å²) in [6.45, 7) is 4.09. The van der Waals surface area contributed by atoms with E-state index >= 15 is 0 Å². The van der Waals surface area contributed by atoms with Crippen molar-refractivity contribution in [3.63, 3.8) is 0 Å². The number of hydrogen-bond donors (Lipinski definition) is 2. The fourth-order valence-electron chi connectivity index (χ4n) is 2.40. The van der Waals surface area contributed by atoms with Gasteiger partial charge in [-0.1, -0.05) is 6.07 Å². The molecule has 1 aromatic carbocycles. The molecule has 6 nitrogen and oxygen atoms in total. The molecule has 1 heterocycles. The van der Waals surface area contributed by atoms with Crippen LogP contribution in [0.3, 0.4) is 0 Å². The Labute approximate surface area is 124 Å². The van der Waals surface area contributed by atoms with Crippen LogP contribution in [0, 0.1) is 0 Å². The van der Waals surface area contributed by atoms with Gasteiger partial charge >= 0.3 is 0 Å². The Morgan fingerprint density at radius 2 is 2.29 bits per heavy atom. The number of nitrogens with zero attached hydrogens (tertiary/aromatic N) is 1. The van der Waals surface area contributed by atoms with Crippen molar-refractivity contribution >= 4 is 11.8 Å². The van der Waals surface area contributed by atoms with Crippen LogP contribution in [0.4, 0.5) is 0 Å². The minimum atomic E-state index is -0.475. The molecule has 0 radical (unpaired) electrons. The number of carbonyl (C=O) groups excluding carboxylic acids is 2. The SMILES string of the molecule is CCNC(=O)C1CNCCN1C(=O)c1cccc(OC)c1. The molecular weight excluding hydrogens is 270 g/mol. The normalized spacial score (nSPS) is 18.2. The third-order valence-corrected chi connectivity index (χ3v) is 3.47. The van der Waals surface area contributed by atoms with Gasteiger partial charge in [0, 0.05) is 31.7 Å². The number of piperazine rings is 1. The van der Waals surface area contributed by atoms with Crippen LogP contribution < -0.4 is 15.4 Å². The number of amides is 2. The summed E-state index contributed by atoms with van der Waals surface area (Å²) in [5.74, 6) is 0.359. The van der Waals surface area contributed by atoms with Gasteiger partial charge in [0.05, 0.1) is 7.11 Å². The first-order valence-electron chi connectivity index (χ1n) is 7.10. The van der Waals surface area contributed by atoms with Gasteiger partial charge in [-0.3, -0.25) is 9.59 Å². The molecule has 1 saturated heterocycles. The second-order valence-corrected chi connectivity index (χ2v) is 4.85. The maximum atomic E-state index is 12.6. The van der Waals surface area contributed by atoms with E-state index in [2.05, 4.69) is 10.6 Å². The van der Waals surface area contributed by atoms with E-state index in [-0.39, 0.29) is 11.8 Å². The van der Waals surface area contributed by atoms with E-state index in [0.29, 0.717) is 37.5 Å². The van der Waals surface area contributed by atoms with Crippen molar-refractivity contribution in [1.82, 2.24) is 15.5 Å². The maximum absolute atomic E-state index is 12.6. The number of carbonyl (C=O) groups is 2. The van der Waals surface area contributed by atoms with Crippen LogP contribution in [0.2, 0.25) is 0 Å². The maximum Gasteiger partial charge on any atom is 0.254 e. The van der Waals surface area contributed by atoms with E-state index in [9.17, 15) is 9.59 Å². The molecule has 2 N–H and O–H groups in total. The van der Waals surface area contributed by atoms with Crippen LogP contribution in [0.25, 0.3) is 0 Å². The monoisotopic (exact) mass is 291 g/mol. The summed E-state index contributed by atoms with van der Waals surface area (Å²) >= 11 is 0. The van der Waals surface area contributed by atoms with Crippen LogP contribution in [-0.2, 0) is 4.79 Å². The van der Waals surface area contributed by atoms with Crippen LogP contribution >= 0.6 is 0 Å². The summed E-state index contributed by atoms with van der Waals surface area (Å²) in [5.41, 5.74) is 0.533. The highest BCUT2D eigenvalue weighted by molar-refractivity contribution is 5.98. The lowest BCUT2D eigenvalue weighted by Gasteiger charge is -2.35. The number of rotatable bonds is 4. The zero-order chi connectivity index (χ0) is 15.2. The van der Waals surface area contributed by atoms with Crippen molar-refractivity contribution in [1.29, 1.82) is 0 Å². The van der Waals surface area contributed by atoms with Crippen LogP contribution in [0.15, 0.2) is 24.3 Å². The van der Waals surface area contributed by atoms with Gasteiger partial charge in [-0.25, -0.2) is 0 Å². The summed E-state index contributed by atoms with van der Waals surface area (Å²) in [6, 6.07) is 6.52. The first-order valence-corrected chi connectivity index (χ1v) is 7.10. The molecule has 0 aromatic heterocycles. The summed E-state index contributed by atoms with van der Waals surface area (Å²) in [6.07, 6.45) is 0. The predicted molar refractivity (Wildman–Crippen MR) is 79.4 cm³/mol. The molecule has 1 aromatic rings. The fourth-order valence-corrected chi connectivity index (χ4v) is 2.40. The summed E-state index contributed by atoms with van der Waals surface area (Å²) in [4.78, 5) is 26.4. The van der Waals surface area contributed by atoms with E-state index in [0.717, 1.165) is 0 Å². The Kier molecular flexibility index (Phi) is 5.16. The van der Waals surface area contributed by atoms with Crippen LogP contribution in [0.1, 0.15) is 17.3 Å². The van der Waals surface area contributed by atoms with Gasteiger partial charge in [-0.15, -0.1) is 0 Å². The minimum Gasteiger partial charge on any atom is -0.497 e. The second kappa shape index (κ2) is 7.08. The van der Waals surface area contributed by atoms with Crippen molar-refractivity contribution in [2.24, 2.45) is 0 Å². The highest BCUT2D eigenvalue weighted by atomic mass is 16.5. The van der Waals surface area contributed by atoms with E-state index < -0.39 is 6.04 Å². The lowest BCUT2D eigenvalue weighted by molar-refractivity contribution is -0.126. The standard InChI is InChI=1S/C15H21N3O3/c1-3-17-14(19)13-10-16-7-8-18(13)15(20)11-5-4-6-12(9-11)21-2/h4-6,9,13,16H,3,7-8,10H2,1-2H3,(H,17,19). The summed E-state index contributed by atoms with van der Waals surface area (Å²) in [7, 11) is 1.56. The Morgan fingerprint density at radius 1 is 1.48 bits per heavy atom. The van der Waals surface area contributed by atoms with Gasteiger partial charge in [0.2, 0.25) is 5.91 Å². The predicted octanol–water partition coefficient (Wildman–Crippen LogP) is 0.245. The van der Waals surface area contributed by atoms with Crippen molar-refractivity contribution in [3.05, 3.63) is 29.8 Å². The van der Waals surface area contributed by atoms with Gasteiger partial charge < -0.3 is 20.3 Å². The van der Waals surface area contributed by atoms with E-state index in [1.165, 1.54) is 0 Å². The smallest absolute Gasteiger partial charge is 0.254 e. The van der Waals surface area contributed by atoms with Gasteiger partial charge in [0.1, 0.15) is 11.8 Å². The summed E-state index contributed by atoms with van der Waals surface area (Å²) < 4.78 is 5.14. The quantitative estimate of drug-likeness (QED) is 0.834. The molecule has 0 aliphatic carbocycles. The molecule has 1 unspecified atom stereocenters. The average molecular weight is 291 g/mol. The second-order valence-electron chi connectivity index (χ2n) is 4.85. The fraction of sp³-hybridized carbons (Fsp3) is 0.467. The first-order chi connectivity index (χ1) is 10.2. The molecule has 1 aliphatic rings. The molecule has 6 heteroatoms. The van der Waals surface area contributed by atoms with E-state index in [1.54, 1.807) is 36.3 Å². The molecule has 1 fully saturated rings. The lowest BCUT2D eigenvalue weighted by atomic mass is 10.1. The first kappa shape index (κ1) is 15.3. The molecule has 0 spiro atoms. The van der Waals surface area contributed by atoms with Crippen LogP contribution in [0.5, 0.6) is 5.75 Å². The Hall–Kier alpha value is -2.08. The third kappa shape index (κ3) is 3.52. The highest BCUT2D eigenvalue weighted by Crippen LogP contribution is 2.16. The van der Waals surface area contributed by atoms with Gasteiger partial charge in [-0.05, 0) is 25.1 Å².